The number of piperidine rings is 1. The third-order valence-corrected chi connectivity index (χ3v) is 6.67. The van der Waals surface area contributed by atoms with Gasteiger partial charge in [0, 0.05) is 24.3 Å². The first-order valence-corrected chi connectivity index (χ1v) is 10.3. The predicted octanol–water partition coefficient (Wildman–Crippen LogP) is 3.29. The highest BCUT2D eigenvalue weighted by Gasteiger charge is 2.27. The van der Waals surface area contributed by atoms with Crippen molar-refractivity contribution in [1.82, 2.24) is 4.31 Å². The van der Waals surface area contributed by atoms with Crippen LogP contribution in [0.15, 0.2) is 47.4 Å². The second-order valence-corrected chi connectivity index (χ2v) is 8.50. The number of nitrogens with zero attached hydrogens (tertiary/aromatic N) is 2. The molecule has 0 unspecified atom stereocenters. The maximum absolute atomic E-state index is 13.0. The van der Waals surface area contributed by atoms with Crippen LogP contribution in [-0.4, -0.2) is 31.7 Å². The molecule has 2 aromatic rings. The van der Waals surface area contributed by atoms with E-state index < -0.39 is 15.9 Å². The molecule has 0 spiro atoms. The van der Waals surface area contributed by atoms with Gasteiger partial charge in [-0.2, -0.15) is 9.57 Å². The lowest BCUT2D eigenvalue weighted by atomic mass is 10.1. The second-order valence-electron chi connectivity index (χ2n) is 6.59. The minimum Gasteiger partial charge on any atom is -0.322 e. The quantitative estimate of drug-likeness (QED) is 0.877. The van der Waals surface area contributed by atoms with Crippen LogP contribution in [0.2, 0.25) is 0 Å². The minimum atomic E-state index is -3.59. The fourth-order valence-electron chi connectivity index (χ4n) is 3.13. The van der Waals surface area contributed by atoms with Gasteiger partial charge in [-0.05, 0) is 55.7 Å². The maximum atomic E-state index is 13.0. The average Bonchev–Trinajstić information content (AvgIpc) is 2.70. The molecule has 0 bridgehead atoms. The van der Waals surface area contributed by atoms with E-state index in [1.165, 1.54) is 16.4 Å². The highest BCUT2D eigenvalue weighted by molar-refractivity contribution is 7.89. The molecule has 140 valence electrons. The fourth-order valence-corrected chi connectivity index (χ4v) is 4.90. The zero-order chi connectivity index (χ0) is 19.4. The summed E-state index contributed by atoms with van der Waals surface area (Å²) in [4.78, 5) is 12.7. The van der Waals surface area contributed by atoms with Gasteiger partial charge in [0.15, 0.2) is 0 Å². The summed E-state index contributed by atoms with van der Waals surface area (Å²) < 4.78 is 27.5. The molecular formula is C20H21N3O3S. The van der Waals surface area contributed by atoms with E-state index in [4.69, 9.17) is 5.26 Å². The number of amides is 1. The SMILES string of the molecule is Cc1ccc(NC(=O)c2cccc(C#N)c2)cc1S(=O)(=O)N1CCCCC1. The Morgan fingerprint density at radius 3 is 2.56 bits per heavy atom. The van der Waals surface area contributed by atoms with Gasteiger partial charge in [-0.3, -0.25) is 4.79 Å². The van der Waals surface area contributed by atoms with E-state index in [-0.39, 0.29) is 4.90 Å². The molecule has 1 amide bonds. The normalized spacial score (nSPS) is 15.1. The summed E-state index contributed by atoms with van der Waals surface area (Å²) in [6, 6.07) is 13.2. The van der Waals surface area contributed by atoms with E-state index in [0.717, 1.165) is 19.3 Å². The summed E-state index contributed by atoms with van der Waals surface area (Å²) in [6.45, 7) is 2.80. The van der Waals surface area contributed by atoms with Gasteiger partial charge < -0.3 is 5.32 Å². The molecule has 1 fully saturated rings. The Kier molecular flexibility index (Phi) is 5.59. The molecule has 0 radical (unpaired) electrons. The highest BCUT2D eigenvalue weighted by atomic mass is 32.2. The predicted molar refractivity (Wildman–Crippen MR) is 103 cm³/mol. The third-order valence-electron chi connectivity index (χ3n) is 4.63. The standard InChI is InChI=1S/C20H21N3O3S/c1-15-8-9-18(22-20(24)17-7-5-6-16(12-17)14-21)13-19(15)27(25,26)23-10-3-2-4-11-23/h5-9,12-13H,2-4,10-11H2,1H3,(H,22,24). The molecule has 0 aromatic heterocycles. The second kappa shape index (κ2) is 7.91. The Morgan fingerprint density at radius 2 is 1.85 bits per heavy atom. The monoisotopic (exact) mass is 383 g/mol. The first kappa shape index (κ1) is 19.1. The highest BCUT2D eigenvalue weighted by Crippen LogP contribution is 2.26. The molecule has 7 heteroatoms. The minimum absolute atomic E-state index is 0.216. The lowest BCUT2D eigenvalue weighted by Crippen LogP contribution is -2.36. The lowest BCUT2D eigenvalue weighted by Gasteiger charge is -2.26. The van der Waals surface area contributed by atoms with Crippen molar-refractivity contribution in [2.45, 2.75) is 31.1 Å². The molecule has 1 heterocycles. The van der Waals surface area contributed by atoms with E-state index in [1.807, 2.05) is 6.07 Å². The van der Waals surface area contributed by atoms with Crippen molar-refractivity contribution in [3.05, 3.63) is 59.2 Å². The van der Waals surface area contributed by atoms with Crippen LogP contribution in [0.25, 0.3) is 0 Å². The number of nitrogens with one attached hydrogen (secondary N) is 1. The fraction of sp³-hybridized carbons (Fsp3) is 0.300. The van der Waals surface area contributed by atoms with Crippen LogP contribution in [0.3, 0.4) is 0 Å². The molecule has 3 rings (SSSR count). The van der Waals surface area contributed by atoms with Crippen molar-refractivity contribution in [2.75, 3.05) is 18.4 Å². The van der Waals surface area contributed by atoms with Crippen molar-refractivity contribution in [3.63, 3.8) is 0 Å². The van der Waals surface area contributed by atoms with E-state index in [0.29, 0.717) is 35.5 Å². The smallest absolute Gasteiger partial charge is 0.255 e. The molecule has 0 aliphatic carbocycles. The Hall–Kier alpha value is -2.69. The largest absolute Gasteiger partial charge is 0.322 e. The lowest BCUT2D eigenvalue weighted by molar-refractivity contribution is 0.102. The summed E-state index contributed by atoms with van der Waals surface area (Å²) in [5.41, 5.74) is 1.78. The van der Waals surface area contributed by atoms with Crippen LogP contribution in [-0.2, 0) is 10.0 Å². The van der Waals surface area contributed by atoms with E-state index >= 15 is 0 Å². The van der Waals surface area contributed by atoms with Crippen LogP contribution in [0.5, 0.6) is 0 Å². The van der Waals surface area contributed by atoms with Gasteiger partial charge in [0.05, 0.1) is 16.5 Å². The maximum Gasteiger partial charge on any atom is 0.255 e. The number of sulfonamides is 1. The summed E-state index contributed by atoms with van der Waals surface area (Å²) in [6.07, 6.45) is 2.77. The Balaban J connectivity index is 1.87. The average molecular weight is 383 g/mol. The van der Waals surface area contributed by atoms with E-state index in [9.17, 15) is 13.2 Å². The molecule has 6 nitrogen and oxygen atoms in total. The number of carbonyl (C=O) groups is 1. The van der Waals surface area contributed by atoms with Crippen LogP contribution < -0.4 is 5.32 Å². The summed E-state index contributed by atoms with van der Waals surface area (Å²) in [5.74, 6) is -0.391. The zero-order valence-electron chi connectivity index (χ0n) is 15.1. The van der Waals surface area contributed by atoms with Gasteiger partial charge in [-0.1, -0.05) is 18.6 Å². The van der Waals surface area contributed by atoms with E-state index in [2.05, 4.69) is 5.32 Å². The number of anilines is 1. The van der Waals surface area contributed by atoms with Crippen molar-refractivity contribution < 1.29 is 13.2 Å². The topological polar surface area (TPSA) is 90.3 Å². The van der Waals surface area contributed by atoms with Crippen LogP contribution in [0, 0.1) is 18.3 Å². The van der Waals surface area contributed by atoms with Gasteiger partial charge in [-0.25, -0.2) is 8.42 Å². The van der Waals surface area contributed by atoms with Crippen molar-refractivity contribution in [2.24, 2.45) is 0 Å². The van der Waals surface area contributed by atoms with Gasteiger partial charge in [0.2, 0.25) is 10.0 Å². The van der Waals surface area contributed by atoms with Crippen LogP contribution in [0.1, 0.15) is 40.7 Å². The van der Waals surface area contributed by atoms with Gasteiger partial charge in [-0.15, -0.1) is 0 Å². The number of carbonyl (C=O) groups excluding carboxylic acids is 1. The third kappa shape index (κ3) is 4.18. The number of nitriles is 1. The van der Waals surface area contributed by atoms with Crippen molar-refractivity contribution >= 4 is 21.6 Å². The Morgan fingerprint density at radius 1 is 1.11 bits per heavy atom. The molecule has 0 saturated carbocycles. The number of hydrogen-bond donors (Lipinski definition) is 1. The summed E-state index contributed by atoms with van der Waals surface area (Å²) in [7, 11) is -3.59. The molecule has 27 heavy (non-hydrogen) atoms. The Bertz CT molecular complexity index is 1000. The number of hydrogen-bond acceptors (Lipinski definition) is 4. The number of benzene rings is 2. The number of aryl methyl sites for hydroxylation is 1. The van der Waals surface area contributed by atoms with Gasteiger partial charge in [0.1, 0.15) is 0 Å². The zero-order valence-corrected chi connectivity index (χ0v) is 15.9. The van der Waals surface area contributed by atoms with Crippen molar-refractivity contribution in [1.29, 1.82) is 5.26 Å². The summed E-state index contributed by atoms with van der Waals surface area (Å²) >= 11 is 0. The van der Waals surface area contributed by atoms with Gasteiger partial charge in [0.25, 0.3) is 5.91 Å². The first-order chi connectivity index (χ1) is 12.9. The molecule has 1 saturated heterocycles. The van der Waals surface area contributed by atoms with Crippen LogP contribution in [0.4, 0.5) is 5.69 Å². The number of rotatable bonds is 4. The molecule has 1 N–H and O–H groups in total. The molecule has 2 aromatic carbocycles. The molecular weight excluding hydrogens is 362 g/mol. The van der Waals surface area contributed by atoms with Crippen molar-refractivity contribution in [3.8, 4) is 6.07 Å². The first-order valence-electron chi connectivity index (χ1n) is 8.84. The Labute approximate surface area is 159 Å². The molecule has 1 aliphatic rings. The van der Waals surface area contributed by atoms with Crippen LogP contribution >= 0.6 is 0 Å². The molecule has 1 aliphatic heterocycles. The summed E-state index contributed by atoms with van der Waals surface area (Å²) in [5, 5.41) is 11.7. The van der Waals surface area contributed by atoms with Gasteiger partial charge >= 0.3 is 0 Å². The van der Waals surface area contributed by atoms with E-state index in [1.54, 1.807) is 37.3 Å². The molecule has 0 atom stereocenters.